The zero-order chi connectivity index (χ0) is 48.4. The first kappa shape index (κ1) is 51.6. The number of benzene rings is 3. The molecule has 0 aliphatic carbocycles. The molecule has 1 aromatic heterocycles. The minimum Gasteiger partial charge on any atom is -0.493 e. The van der Waals surface area contributed by atoms with Crippen molar-refractivity contribution in [3.63, 3.8) is 0 Å². The van der Waals surface area contributed by atoms with Crippen LogP contribution in [0.15, 0.2) is 89.3 Å². The molecular formula is C47H57N5O13S. The van der Waals surface area contributed by atoms with Crippen molar-refractivity contribution in [2.24, 2.45) is 5.92 Å². The van der Waals surface area contributed by atoms with Crippen molar-refractivity contribution in [2.45, 2.75) is 84.9 Å². The van der Waals surface area contributed by atoms with Crippen LogP contribution in [-0.2, 0) is 45.4 Å². The van der Waals surface area contributed by atoms with Gasteiger partial charge in [0.25, 0.3) is 11.8 Å². The lowest BCUT2D eigenvalue weighted by atomic mass is 9.90. The van der Waals surface area contributed by atoms with E-state index in [1.54, 1.807) is 44.2 Å². The van der Waals surface area contributed by atoms with Crippen molar-refractivity contribution in [3.8, 4) is 17.1 Å². The van der Waals surface area contributed by atoms with Gasteiger partial charge < -0.3 is 34.7 Å². The molecule has 0 spiro atoms. The zero-order valence-corrected chi connectivity index (χ0v) is 38.7. The third-order valence-electron chi connectivity index (χ3n) is 10.4. The molecule has 1 heterocycles. The van der Waals surface area contributed by atoms with E-state index in [0.717, 1.165) is 34.0 Å². The van der Waals surface area contributed by atoms with E-state index in [1.807, 2.05) is 13.0 Å². The Hall–Kier alpha value is -7.02. The van der Waals surface area contributed by atoms with Crippen LogP contribution < -0.4 is 25.0 Å². The predicted molar refractivity (Wildman–Crippen MR) is 243 cm³/mol. The van der Waals surface area contributed by atoms with E-state index in [4.69, 9.17) is 18.7 Å². The molecule has 3 atom stereocenters. The molecule has 0 radical (unpaired) electrons. The molecular weight excluding hydrogens is 875 g/mol. The summed E-state index contributed by atoms with van der Waals surface area (Å²) in [4.78, 5) is 96.2. The Labute approximate surface area is 384 Å². The van der Waals surface area contributed by atoms with Gasteiger partial charge in [-0.05, 0) is 80.8 Å². The fraction of sp³-hybridized carbons (Fsp3) is 0.383. The molecule has 0 aliphatic heterocycles. The number of hydrogen-bond donors (Lipinski definition) is 3. The quantitative estimate of drug-likeness (QED) is 0.0230. The molecule has 0 aliphatic rings. The average molecular weight is 932 g/mol. The van der Waals surface area contributed by atoms with E-state index in [1.165, 1.54) is 62.5 Å². The SMILES string of the molecule is CCCCC[C@@H](C(=O)NCNC(=O)c1ccc(-c2ccc(C(=O)N[C@@H](CC(C)=O)C(=O)OCc3ccccc3)c(OCC)c2)o1)[C@@H](CC)N(C=O)OC(=O)c1ccc(N(C)S(C)(=O)=O)cc1. The Morgan fingerprint density at radius 1 is 0.864 bits per heavy atom. The molecule has 354 valence electrons. The van der Waals surface area contributed by atoms with Gasteiger partial charge in [-0.25, -0.2) is 18.0 Å². The topological polar surface area (TPSA) is 237 Å². The number of hydrogen-bond acceptors (Lipinski definition) is 13. The summed E-state index contributed by atoms with van der Waals surface area (Å²) in [5, 5.41) is 8.68. The number of ketones is 1. The molecule has 0 saturated carbocycles. The number of furan rings is 1. The van der Waals surface area contributed by atoms with E-state index < -0.39 is 57.7 Å². The van der Waals surface area contributed by atoms with Gasteiger partial charge in [-0.3, -0.25) is 28.3 Å². The van der Waals surface area contributed by atoms with E-state index in [9.17, 15) is 42.0 Å². The number of anilines is 1. The molecule has 0 bridgehead atoms. The Kier molecular flexibility index (Phi) is 19.5. The maximum atomic E-state index is 13.7. The van der Waals surface area contributed by atoms with Crippen LogP contribution in [0.3, 0.4) is 0 Å². The van der Waals surface area contributed by atoms with Crippen LogP contribution in [0.25, 0.3) is 11.3 Å². The standard InChI is InChI=1S/C47H57N5O13S/c1-7-10-12-17-36(39(8-2)52(30-53)65-46(58)33-18-21-35(22-19-33)51(5)66(6,60)61)43(55)48-29-49-45(57)41-25-24-40(64-41)34-20-23-37(42(27-34)62-9-3)44(56)50-38(26-31(4)54)47(59)63-28-32-15-13-11-14-16-32/h11,13-16,18-25,27,30,36,38-39H,7-10,12,17,26,28-29H2,1-6H3,(H,48,55)(H,49,57)(H,50,56)/t36-,38+,39-/m1/s1. The van der Waals surface area contributed by atoms with Gasteiger partial charge in [-0.2, -0.15) is 5.06 Å². The normalized spacial score (nSPS) is 12.4. The highest BCUT2D eigenvalue weighted by Gasteiger charge is 2.34. The number of nitrogens with zero attached hydrogens (tertiary/aromatic N) is 2. The van der Waals surface area contributed by atoms with Crippen LogP contribution in [0, 0.1) is 5.92 Å². The molecule has 18 nitrogen and oxygen atoms in total. The summed E-state index contributed by atoms with van der Waals surface area (Å²) in [5.41, 5.74) is 1.61. The number of amides is 4. The summed E-state index contributed by atoms with van der Waals surface area (Å²) >= 11 is 0. The second-order valence-electron chi connectivity index (χ2n) is 15.3. The first-order chi connectivity index (χ1) is 31.5. The van der Waals surface area contributed by atoms with E-state index >= 15 is 0 Å². The lowest BCUT2D eigenvalue weighted by molar-refractivity contribution is -0.171. The number of unbranched alkanes of at least 4 members (excludes halogenated alkanes) is 2. The molecule has 0 fully saturated rings. The van der Waals surface area contributed by atoms with Crippen LogP contribution in [0.4, 0.5) is 5.69 Å². The summed E-state index contributed by atoms with van der Waals surface area (Å²) in [6.07, 6.45) is 3.93. The Morgan fingerprint density at radius 3 is 2.20 bits per heavy atom. The van der Waals surface area contributed by atoms with Gasteiger partial charge in [-0.15, -0.1) is 0 Å². The molecule has 66 heavy (non-hydrogen) atoms. The van der Waals surface area contributed by atoms with Gasteiger partial charge in [0.1, 0.15) is 29.9 Å². The molecule has 3 aromatic carbocycles. The summed E-state index contributed by atoms with van der Waals surface area (Å²) in [5.74, 6) is -4.39. The van der Waals surface area contributed by atoms with Crippen molar-refractivity contribution in [2.75, 3.05) is 30.9 Å². The monoisotopic (exact) mass is 931 g/mol. The maximum absolute atomic E-state index is 13.7. The van der Waals surface area contributed by atoms with Crippen LogP contribution >= 0.6 is 0 Å². The van der Waals surface area contributed by atoms with E-state index in [0.29, 0.717) is 30.5 Å². The van der Waals surface area contributed by atoms with Crippen LogP contribution in [-0.4, -0.2) is 94.0 Å². The molecule has 4 rings (SSSR count). The maximum Gasteiger partial charge on any atom is 0.363 e. The molecule has 19 heteroatoms. The highest BCUT2D eigenvalue weighted by atomic mass is 32.2. The average Bonchev–Trinajstić information content (AvgIpc) is 3.80. The lowest BCUT2D eigenvalue weighted by Crippen LogP contribution is -2.49. The molecule has 4 amide bonds. The lowest BCUT2D eigenvalue weighted by Gasteiger charge is -2.31. The third-order valence-corrected chi connectivity index (χ3v) is 11.6. The molecule has 0 saturated heterocycles. The number of esters is 1. The van der Waals surface area contributed by atoms with Gasteiger partial charge in [0.2, 0.25) is 22.3 Å². The van der Waals surface area contributed by atoms with Crippen molar-refractivity contribution in [1.29, 1.82) is 0 Å². The fourth-order valence-electron chi connectivity index (χ4n) is 6.80. The summed E-state index contributed by atoms with van der Waals surface area (Å²) in [6, 6.07) is 19.9. The Morgan fingerprint density at radius 2 is 1.58 bits per heavy atom. The second-order valence-corrected chi connectivity index (χ2v) is 17.3. The van der Waals surface area contributed by atoms with Gasteiger partial charge in [0, 0.05) is 19.0 Å². The van der Waals surface area contributed by atoms with Crippen molar-refractivity contribution in [3.05, 3.63) is 107 Å². The summed E-state index contributed by atoms with van der Waals surface area (Å²) < 4.78 is 41.9. The van der Waals surface area contributed by atoms with Crippen LogP contribution in [0.5, 0.6) is 5.75 Å². The van der Waals surface area contributed by atoms with Crippen LogP contribution in [0.2, 0.25) is 0 Å². The number of rotatable bonds is 26. The number of hydroxylamine groups is 2. The second kappa shape index (κ2) is 24.9. The molecule has 3 N–H and O–H groups in total. The van der Waals surface area contributed by atoms with Gasteiger partial charge >= 0.3 is 11.9 Å². The predicted octanol–water partition coefficient (Wildman–Crippen LogP) is 5.57. The van der Waals surface area contributed by atoms with Crippen molar-refractivity contribution < 1.29 is 60.7 Å². The van der Waals surface area contributed by atoms with E-state index in [-0.39, 0.29) is 66.9 Å². The third kappa shape index (κ3) is 14.8. The van der Waals surface area contributed by atoms with Gasteiger partial charge in [-0.1, -0.05) is 69.5 Å². The number of carbonyl (C=O) groups is 7. The highest BCUT2D eigenvalue weighted by molar-refractivity contribution is 7.92. The van der Waals surface area contributed by atoms with Gasteiger partial charge in [0.05, 0.1) is 48.3 Å². The number of nitrogens with one attached hydrogen (secondary N) is 3. The number of carbonyl (C=O) groups excluding carboxylic acids is 7. The van der Waals surface area contributed by atoms with Gasteiger partial charge in [0.15, 0.2) is 5.76 Å². The fourth-order valence-corrected chi connectivity index (χ4v) is 7.30. The molecule has 4 aromatic rings. The largest absolute Gasteiger partial charge is 0.493 e. The van der Waals surface area contributed by atoms with Crippen molar-refractivity contribution >= 4 is 57.6 Å². The zero-order valence-electron chi connectivity index (χ0n) is 37.9. The number of sulfonamides is 1. The van der Waals surface area contributed by atoms with Crippen LogP contribution in [0.1, 0.15) is 103 Å². The Balaban J connectivity index is 1.40. The summed E-state index contributed by atoms with van der Waals surface area (Å²) in [6.45, 7) is 6.57. The first-order valence-electron chi connectivity index (χ1n) is 21.4. The Bertz CT molecular complexity index is 2420. The molecule has 0 unspecified atom stereocenters. The van der Waals surface area contributed by atoms with E-state index in [2.05, 4.69) is 16.0 Å². The number of Topliss-reactive ketones (excluding diaryl/α,β-unsaturated/α-hetero) is 1. The highest BCUT2D eigenvalue weighted by Crippen LogP contribution is 2.30. The number of ether oxygens (including phenoxy) is 2. The van der Waals surface area contributed by atoms with Crippen molar-refractivity contribution in [1.82, 2.24) is 21.0 Å². The minimum atomic E-state index is -3.54. The summed E-state index contributed by atoms with van der Waals surface area (Å²) in [7, 11) is -2.18. The minimum absolute atomic E-state index is 0.0439. The smallest absolute Gasteiger partial charge is 0.363 e. The first-order valence-corrected chi connectivity index (χ1v) is 23.3.